The topological polar surface area (TPSA) is 55.8 Å². The fraction of sp³-hybridized carbons (Fsp3) is 0.182. The number of anilines is 1. The molecule has 3 aliphatic rings. The highest BCUT2D eigenvalue weighted by atomic mass is 15.2. The van der Waals surface area contributed by atoms with Gasteiger partial charge in [-0.25, -0.2) is 0 Å². The smallest absolute Gasteiger partial charge is 0.0998 e. The number of rotatable bonds is 6. The average Bonchev–Trinajstić information content (AvgIpc) is 3.62. The SMILES string of the molecule is CCCC1=C(C)N(c2ccc(-c3cccc(-c4ccccc4-n4c5c(c6ccccc64)CC(C#N)C=C5)c3)c(C#N)c2)C2C=CC=CC12. The Morgan fingerprint density at radius 1 is 0.812 bits per heavy atom. The Kier molecular flexibility index (Phi) is 7.43. The molecule has 0 spiro atoms. The van der Waals surface area contributed by atoms with Gasteiger partial charge in [-0.1, -0.05) is 104 Å². The molecule has 4 nitrogen and oxygen atoms in total. The monoisotopic (exact) mass is 620 g/mol. The number of hydrogen-bond acceptors (Lipinski definition) is 3. The van der Waals surface area contributed by atoms with Gasteiger partial charge in [0.25, 0.3) is 0 Å². The summed E-state index contributed by atoms with van der Waals surface area (Å²) in [6.45, 7) is 4.47. The van der Waals surface area contributed by atoms with Crippen LogP contribution in [0.25, 0.3) is 44.9 Å². The van der Waals surface area contributed by atoms with Gasteiger partial charge in [0.1, 0.15) is 0 Å². The zero-order chi connectivity index (χ0) is 32.8. The number of fused-ring (bicyclic) bond motifs is 4. The summed E-state index contributed by atoms with van der Waals surface area (Å²) in [4.78, 5) is 2.42. The fourth-order valence-electron chi connectivity index (χ4n) is 8.12. The largest absolute Gasteiger partial charge is 0.338 e. The van der Waals surface area contributed by atoms with Gasteiger partial charge in [-0.05, 0) is 84.0 Å². The fourth-order valence-corrected chi connectivity index (χ4v) is 8.12. The number of nitrogens with zero attached hydrogens (tertiary/aromatic N) is 4. The summed E-state index contributed by atoms with van der Waals surface area (Å²) < 4.78 is 2.34. The lowest BCUT2D eigenvalue weighted by atomic mass is 9.88. The molecule has 8 rings (SSSR count). The maximum absolute atomic E-state index is 10.5. The van der Waals surface area contributed by atoms with E-state index in [2.05, 4.69) is 157 Å². The van der Waals surface area contributed by atoms with Crippen LogP contribution < -0.4 is 4.90 Å². The average molecular weight is 621 g/mol. The van der Waals surface area contributed by atoms with Crippen LogP contribution in [0.5, 0.6) is 0 Å². The van der Waals surface area contributed by atoms with Crippen molar-refractivity contribution in [3.63, 3.8) is 0 Å². The molecule has 48 heavy (non-hydrogen) atoms. The van der Waals surface area contributed by atoms with Gasteiger partial charge in [0.2, 0.25) is 0 Å². The van der Waals surface area contributed by atoms with Crippen molar-refractivity contribution in [2.75, 3.05) is 4.90 Å². The first-order valence-corrected chi connectivity index (χ1v) is 16.9. The number of benzene rings is 4. The number of aromatic nitrogens is 1. The lowest BCUT2D eigenvalue weighted by Gasteiger charge is -2.30. The number of nitriles is 2. The van der Waals surface area contributed by atoms with Crippen LogP contribution in [0.3, 0.4) is 0 Å². The number of allylic oxidation sites excluding steroid dienone is 4. The van der Waals surface area contributed by atoms with Crippen molar-refractivity contribution in [1.29, 1.82) is 10.5 Å². The second kappa shape index (κ2) is 12.1. The zero-order valence-electron chi connectivity index (χ0n) is 27.3. The molecule has 3 unspecified atom stereocenters. The van der Waals surface area contributed by atoms with Gasteiger partial charge in [-0.3, -0.25) is 0 Å². The molecule has 2 aliphatic carbocycles. The third-order valence-corrected chi connectivity index (χ3v) is 10.3. The molecule has 0 saturated heterocycles. The number of para-hydroxylation sites is 2. The van der Waals surface area contributed by atoms with Gasteiger partial charge in [-0.2, -0.15) is 10.5 Å². The first-order chi connectivity index (χ1) is 23.6. The van der Waals surface area contributed by atoms with Crippen molar-refractivity contribution in [3.8, 4) is 40.1 Å². The second-order valence-corrected chi connectivity index (χ2v) is 13.0. The Balaban J connectivity index is 1.21. The van der Waals surface area contributed by atoms with Gasteiger partial charge in [-0.15, -0.1) is 0 Å². The summed E-state index contributed by atoms with van der Waals surface area (Å²) in [5.74, 6) is 0.258. The minimum absolute atomic E-state index is 0.120. The normalized spacial score (nSPS) is 19.3. The first kappa shape index (κ1) is 29.6. The van der Waals surface area contributed by atoms with Crippen LogP contribution in [0.4, 0.5) is 5.69 Å². The van der Waals surface area contributed by atoms with E-state index in [4.69, 9.17) is 0 Å². The summed E-state index contributed by atoms with van der Waals surface area (Å²) >= 11 is 0. The predicted molar refractivity (Wildman–Crippen MR) is 196 cm³/mol. The van der Waals surface area contributed by atoms with Crippen LogP contribution in [-0.2, 0) is 6.42 Å². The molecule has 4 aromatic carbocycles. The molecule has 0 radical (unpaired) electrons. The summed E-state index contributed by atoms with van der Waals surface area (Å²) in [5, 5.41) is 21.3. The molecule has 2 heterocycles. The maximum Gasteiger partial charge on any atom is 0.0998 e. The molecule has 232 valence electrons. The summed E-state index contributed by atoms with van der Waals surface area (Å²) in [6, 6.07) is 37.1. The molecule has 0 fully saturated rings. The van der Waals surface area contributed by atoms with Crippen LogP contribution in [0.2, 0.25) is 0 Å². The molecule has 0 saturated carbocycles. The Morgan fingerprint density at radius 3 is 2.44 bits per heavy atom. The van der Waals surface area contributed by atoms with E-state index < -0.39 is 0 Å². The summed E-state index contributed by atoms with van der Waals surface area (Å²) in [5.41, 5.74) is 13.2. The Labute approximate surface area is 282 Å². The molecule has 0 amide bonds. The van der Waals surface area contributed by atoms with Crippen molar-refractivity contribution in [2.45, 2.75) is 39.2 Å². The summed E-state index contributed by atoms with van der Waals surface area (Å²) in [6.07, 6.45) is 16.0. The zero-order valence-corrected chi connectivity index (χ0v) is 27.3. The van der Waals surface area contributed by atoms with Gasteiger partial charge in [0.15, 0.2) is 0 Å². The maximum atomic E-state index is 10.5. The molecule has 1 aromatic heterocycles. The first-order valence-electron chi connectivity index (χ1n) is 16.9. The van der Waals surface area contributed by atoms with E-state index in [1.54, 1.807) is 0 Å². The van der Waals surface area contributed by atoms with Crippen LogP contribution in [-0.4, -0.2) is 10.6 Å². The lowest BCUT2D eigenvalue weighted by Crippen LogP contribution is -2.32. The van der Waals surface area contributed by atoms with E-state index in [-0.39, 0.29) is 12.0 Å². The van der Waals surface area contributed by atoms with Crippen molar-refractivity contribution >= 4 is 22.7 Å². The van der Waals surface area contributed by atoms with E-state index in [1.165, 1.54) is 22.2 Å². The third-order valence-electron chi connectivity index (χ3n) is 10.3. The van der Waals surface area contributed by atoms with Crippen LogP contribution in [0.1, 0.15) is 43.5 Å². The van der Waals surface area contributed by atoms with Gasteiger partial charge in [0, 0.05) is 33.9 Å². The van der Waals surface area contributed by atoms with E-state index in [1.807, 2.05) is 6.08 Å². The van der Waals surface area contributed by atoms with E-state index in [0.29, 0.717) is 17.9 Å². The predicted octanol–water partition coefficient (Wildman–Crippen LogP) is 10.6. The lowest BCUT2D eigenvalue weighted by molar-refractivity contribution is 0.651. The molecule has 0 bridgehead atoms. The van der Waals surface area contributed by atoms with E-state index in [9.17, 15) is 10.5 Å². The van der Waals surface area contributed by atoms with Crippen molar-refractivity contribution < 1.29 is 0 Å². The molecular formula is C44H36N4. The summed E-state index contributed by atoms with van der Waals surface area (Å²) in [7, 11) is 0. The van der Waals surface area contributed by atoms with Crippen molar-refractivity contribution in [1.82, 2.24) is 4.57 Å². The third kappa shape index (κ3) is 4.73. The number of hydrogen-bond donors (Lipinski definition) is 0. The molecule has 4 heteroatoms. The standard InChI is InChI=1S/C44H36N4/c1-3-11-35-29(2)47(42-18-8-5-15-38(35)42)34-21-22-36(33(26-34)28-46)31-12-10-13-32(25-31)37-14-4-7-17-41(37)48-43-19-9-6-16-39(43)40-24-30(27-45)20-23-44(40)48/h4-10,12-23,25-26,30,38,42H,3,11,24H2,1-2H3. The van der Waals surface area contributed by atoms with Crippen molar-refractivity contribution in [3.05, 3.63) is 149 Å². The quantitative estimate of drug-likeness (QED) is 0.190. The molecule has 3 atom stereocenters. The highest BCUT2D eigenvalue weighted by molar-refractivity contribution is 5.93. The molecule has 0 N–H and O–H groups in total. The van der Waals surface area contributed by atoms with Gasteiger partial charge < -0.3 is 9.47 Å². The van der Waals surface area contributed by atoms with Crippen molar-refractivity contribution in [2.24, 2.45) is 11.8 Å². The van der Waals surface area contributed by atoms with Crippen LogP contribution >= 0.6 is 0 Å². The highest BCUT2D eigenvalue weighted by Crippen LogP contribution is 2.44. The highest BCUT2D eigenvalue weighted by Gasteiger charge is 2.37. The van der Waals surface area contributed by atoms with E-state index in [0.717, 1.165) is 57.7 Å². The minimum Gasteiger partial charge on any atom is -0.338 e. The second-order valence-electron chi connectivity index (χ2n) is 13.0. The van der Waals surface area contributed by atoms with Gasteiger partial charge >= 0.3 is 0 Å². The van der Waals surface area contributed by atoms with Gasteiger partial charge in [0.05, 0.1) is 40.9 Å². The molecule has 1 aliphatic heterocycles. The molecule has 5 aromatic rings. The van der Waals surface area contributed by atoms with Crippen LogP contribution in [0.15, 0.2) is 133 Å². The van der Waals surface area contributed by atoms with E-state index >= 15 is 0 Å². The Morgan fingerprint density at radius 2 is 1.60 bits per heavy atom. The molecular weight excluding hydrogens is 585 g/mol. The van der Waals surface area contributed by atoms with Crippen LogP contribution in [0, 0.1) is 34.5 Å². The Bertz CT molecular complexity index is 2300. The Hall–Kier alpha value is -5.84. The minimum atomic E-state index is -0.120.